The normalized spacial score (nSPS) is 15.2. The molecular formula is C17H19N4OS2+. The third-order valence-corrected chi connectivity index (χ3v) is 5.92. The first-order chi connectivity index (χ1) is 11.7. The Bertz CT molecular complexity index is 746. The van der Waals surface area contributed by atoms with Crippen LogP contribution in [0.4, 0.5) is 0 Å². The van der Waals surface area contributed by atoms with Gasteiger partial charge in [-0.2, -0.15) is 5.26 Å². The molecule has 1 N–H and O–H groups in total. The second-order valence-corrected chi connectivity index (χ2v) is 7.68. The fourth-order valence-corrected chi connectivity index (χ4v) is 4.13. The van der Waals surface area contributed by atoms with Gasteiger partial charge in [0, 0.05) is 0 Å². The number of pyridine rings is 1. The highest BCUT2D eigenvalue weighted by Gasteiger charge is 2.21. The Morgan fingerprint density at radius 1 is 1.42 bits per heavy atom. The van der Waals surface area contributed by atoms with Crippen molar-refractivity contribution in [1.29, 1.82) is 5.26 Å². The lowest BCUT2D eigenvalue weighted by Gasteiger charge is -2.30. The maximum absolute atomic E-state index is 12.4. The van der Waals surface area contributed by atoms with Crippen LogP contribution >= 0.6 is 23.1 Å². The van der Waals surface area contributed by atoms with Crippen molar-refractivity contribution in [3.8, 4) is 16.6 Å². The summed E-state index contributed by atoms with van der Waals surface area (Å²) in [5.41, 5.74) is 1.37. The van der Waals surface area contributed by atoms with Crippen molar-refractivity contribution >= 4 is 29.0 Å². The minimum atomic E-state index is 0.125. The molecule has 0 saturated carbocycles. The molecule has 0 unspecified atom stereocenters. The van der Waals surface area contributed by atoms with Crippen LogP contribution in [0, 0.1) is 11.3 Å². The fourth-order valence-electron chi connectivity index (χ4n) is 2.56. The summed E-state index contributed by atoms with van der Waals surface area (Å²) >= 11 is 2.97. The van der Waals surface area contributed by atoms with Gasteiger partial charge in [0.1, 0.15) is 11.1 Å². The van der Waals surface area contributed by atoms with Crippen molar-refractivity contribution in [2.45, 2.75) is 5.03 Å². The van der Waals surface area contributed by atoms with Gasteiger partial charge in [0.25, 0.3) is 0 Å². The molecule has 1 fully saturated rings. The molecule has 2 aromatic heterocycles. The van der Waals surface area contributed by atoms with E-state index in [0.717, 1.165) is 36.8 Å². The van der Waals surface area contributed by atoms with E-state index in [4.69, 9.17) is 0 Å². The number of carbonyl (C=O) groups excluding carboxylic acids is 1. The van der Waals surface area contributed by atoms with Gasteiger partial charge >= 0.3 is 0 Å². The van der Waals surface area contributed by atoms with Crippen molar-refractivity contribution in [3.05, 3.63) is 35.2 Å². The van der Waals surface area contributed by atoms with E-state index in [0.29, 0.717) is 16.3 Å². The number of amides is 1. The smallest absolute Gasteiger partial charge is 0.233 e. The van der Waals surface area contributed by atoms with Gasteiger partial charge in [0.2, 0.25) is 5.91 Å². The van der Waals surface area contributed by atoms with E-state index in [1.54, 1.807) is 17.4 Å². The molecule has 0 atom stereocenters. The summed E-state index contributed by atoms with van der Waals surface area (Å²) in [5.74, 6) is 0.453. The number of quaternary nitrogens is 1. The molecule has 0 aromatic carbocycles. The number of piperazine rings is 1. The second-order valence-electron chi connectivity index (χ2n) is 5.76. The average molecular weight is 360 g/mol. The number of thiophene rings is 1. The Morgan fingerprint density at radius 3 is 2.88 bits per heavy atom. The van der Waals surface area contributed by atoms with Crippen LogP contribution in [-0.4, -0.2) is 54.8 Å². The molecule has 1 aliphatic rings. The van der Waals surface area contributed by atoms with Gasteiger partial charge in [0.15, 0.2) is 0 Å². The molecule has 0 spiro atoms. The number of hydrogen-bond donors (Lipinski definition) is 1. The van der Waals surface area contributed by atoms with Gasteiger partial charge < -0.3 is 9.80 Å². The molecule has 7 heteroatoms. The number of nitriles is 1. The van der Waals surface area contributed by atoms with Crippen molar-refractivity contribution in [2.24, 2.45) is 0 Å². The van der Waals surface area contributed by atoms with E-state index < -0.39 is 0 Å². The summed E-state index contributed by atoms with van der Waals surface area (Å²) in [6, 6.07) is 9.80. The lowest BCUT2D eigenvalue weighted by atomic mass is 10.2. The molecule has 2 aromatic rings. The lowest BCUT2D eigenvalue weighted by Crippen LogP contribution is -3.12. The predicted octanol–water partition coefficient (Wildman–Crippen LogP) is 1.13. The molecule has 24 heavy (non-hydrogen) atoms. The lowest BCUT2D eigenvalue weighted by molar-refractivity contribution is -0.883. The Hall–Kier alpha value is -1.88. The molecule has 3 heterocycles. The molecule has 0 aliphatic carbocycles. The zero-order valence-electron chi connectivity index (χ0n) is 13.5. The SMILES string of the molecule is C[NH+]1CCN(C(=O)CSc2nc(-c3cccs3)ccc2C#N)CC1. The number of nitrogens with zero attached hydrogens (tertiary/aromatic N) is 3. The van der Waals surface area contributed by atoms with Gasteiger partial charge in [0.05, 0.1) is 55.1 Å². The van der Waals surface area contributed by atoms with E-state index in [1.165, 1.54) is 16.7 Å². The predicted molar refractivity (Wildman–Crippen MR) is 96.2 cm³/mol. The molecule has 3 rings (SSSR count). The van der Waals surface area contributed by atoms with Crippen molar-refractivity contribution < 1.29 is 9.69 Å². The number of likely N-dealkylation sites (N-methyl/N-ethyl adjacent to an activating group) is 1. The highest BCUT2D eigenvalue weighted by atomic mass is 32.2. The molecule has 1 aliphatic heterocycles. The molecule has 0 radical (unpaired) electrons. The maximum Gasteiger partial charge on any atom is 0.233 e. The molecule has 124 valence electrons. The molecule has 1 saturated heterocycles. The second kappa shape index (κ2) is 7.79. The summed E-state index contributed by atoms with van der Waals surface area (Å²) in [4.78, 5) is 21.4. The Balaban J connectivity index is 1.69. The molecular weight excluding hydrogens is 340 g/mol. The van der Waals surface area contributed by atoms with Gasteiger partial charge in [-0.1, -0.05) is 17.8 Å². The number of thioether (sulfide) groups is 1. The summed E-state index contributed by atoms with van der Waals surface area (Å²) in [6.07, 6.45) is 0. The molecule has 0 bridgehead atoms. The summed E-state index contributed by atoms with van der Waals surface area (Å²) in [5, 5.41) is 11.9. The van der Waals surface area contributed by atoms with Gasteiger partial charge in [-0.15, -0.1) is 11.3 Å². The third kappa shape index (κ3) is 3.96. The number of carbonyl (C=O) groups is 1. The minimum Gasteiger partial charge on any atom is -0.334 e. The van der Waals surface area contributed by atoms with Crippen LogP contribution in [0.2, 0.25) is 0 Å². The first-order valence-corrected chi connectivity index (χ1v) is 9.71. The highest BCUT2D eigenvalue weighted by Crippen LogP contribution is 2.28. The van der Waals surface area contributed by atoms with Crippen LogP contribution in [0.1, 0.15) is 5.56 Å². The largest absolute Gasteiger partial charge is 0.334 e. The Kier molecular flexibility index (Phi) is 5.51. The van der Waals surface area contributed by atoms with Crippen LogP contribution in [0.25, 0.3) is 10.6 Å². The number of nitrogens with one attached hydrogen (secondary N) is 1. The van der Waals surface area contributed by atoms with Gasteiger partial charge in [-0.3, -0.25) is 4.79 Å². The first kappa shape index (κ1) is 17.0. The minimum absolute atomic E-state index is 0.125. The quantitative estimate of drug-likeness (QED) is 0.832. The molecule has 5 nitrogen and oxygen atoms in total. The zero-order chi connectivity index (χ0) is 16.9. The highest BCUT2D eigenvalue weighted by molar-refractivity contribution is 8.00. The number of aromatic nitrogens is 1. The van der Waals surface area contributed by atoms with E-state index in [-0.39, 0.29) is 5.91 Å². The van der Waals surface area contributed by atoms with E-state index in [9.17, 15) is 10.1 Å². The standard InChI is InChI=1S/C17H18N4OS2/c1-20-6-8-21(9-7-20)16(22)12-24-17-13(11-18)4-5-14(19-17)15-3-2-10-23-15/h2-5,10H,6-9,12H2,1H3/p+1. The van der Waals surface area contributed by atoms with Crippen molar-refractivity contribution in [1.82, 2.24) is 9.88 Å². The summed E-state index contributed by atoms with van der Waals surface area (Å²) < 4.78 is 0. The first-order valence-electron chi connectivity index (χ1n) is 7.84. The van der Waals surface area contributed by atoms with Gasteiger partial charge in [-0.05, 0) is 23.6 Å². The van der Waals surface area contributed by atoms with Crippen molar-refractivity contribution in [2.75, 3.05) is 39.0 Å². The fraction of sp³-hybridized carbons (Fsp3) is 0.353. The van der Waals surface area contributed by atoms with Crippen LogP contribution < -0.4 is 4.90 Å². The maximum atomic E-state index is 12.4. The Morgan fingerprint density at radius 2 is 2.21 bits per heavy atom. The van der Waals surface area contributed by atoms with E-state index >= 15 is 0 Å². The zero-order valence-corrected chi connectivity index (χ0v) is 15.1. The van der Waals surface area contributed by atoms with E-state index in [2.05, 4.69) is 18.1 Å². The van der Waals surface area contributed by atoms with Crippen LogP contribution in [0.5, 0.6) is 0 Å². The number of rotatable bonds is 4. The van der Waals surface area contributed by atoms with Crippen molar-refractivity contribution in [3.63, 3.8) is 0 Å². The van der Waals surface area contributed by atoms with Crippen LogP contribution in [-0.2, 0) is 4.79 Å². The number of hydrogen-bond acceptors (Lipinski definition) is 5. The third-order valence-electron chi connectivity index (χ3n) is 4.06. The average Bonchev–Trinajstić information content (AvgIpc) is 3.14. The topological polar surface area (TPSA) is 61.4 Å². The summed E-state index contributed by atoms with van der Waals surface area (Å²) in [7, 11) is 2.15. The molecule has 1 amide bonds. The van der Waals surface area contributed by atoms with Crippen LogP contribution in [0.15, 0.2) is 34.7 Å². The van der Waals surface area contributed by atoms with E-state index in [1.807, 2.05) is 28.5 Å². The summed E-state index contributed by atoms with van der Waals surface area (Å²) in [6.45, 7) is 3.59. The van der Waals surface area contributed by atoms with Gasteiger partial charge in [-0.25, -0.2) is 4.98 Å². The monoisotopic (exact) mass is 359 g/mol. The Labute approximate surface area is 149 Å². The van der Waals surface area contributed by atoms with Crippen LogP contribution in [0.3, 0.4) is 0 Å².